The van der Waals surface area contributed by atoms with Crippen molar-refractivity contribution in [1.29, 1.82) is 0 Å². The third kappa shape index (κ3) is 5.55. The van der Waals surface area contributed by atoms with E-state index < -0.39 is 10.0 Å². The largest absolute Gasteiger partial charge is 0.326 e. The van der Waals surface area contributed by atoms with Crippen molar-refractivity contribution in [2.75, 3.05) is 18.4 Å². The summed E-state index contributed by atoms with van der Waals surface area (Å²) in [6, 6.07) is 13.2. The van der Waals surface area contributed by atoms with E-state index in [2.05, 4.69) is 51.2 Å². The van der Waals surface area contributed by atoms with Gasteiger partial charge in [-0.2, -0.15) is 4.31 Å². The van der Waals surface area contributed by atoms with Gasteiger partial charge in [-0.1, -0.05) is 58.0 Å². The molecule has 0 bridgehead atoms. The molecule has 1 amide bonds. The third-order valence-electron chi connectivity index (χ3n) is 5.90. The first kappa shape index (κ1) is 23.5. The first-order valence-corrected chi connectivity index (χ1v) is 12.7. The normalized spacial score (nSPS) is 15.0. The smallest absolute Gasteiger partial charge is 0.243 e. The van der Waals surface area contributed by atoms with Gasteiger partial charge in [0.2, 0.25) is 15.9 Å². The van der Waals surface area contributed by atoms with Crippen molar-refractivity contribution in [1.82, 2.24) is 4.31 Å². The number of nitrogens with zero attached hydrogens (tertiary/aromatic N) is 1. The highest BCUT2D eigenvalue weighted by Gasteiger charge is 2.26. The number of aryl methyl sites for hydroxylation is 1. The molecular formula is C25H34N2O3S. The van der Waals surface area contributed by atoms with Crippen LogP contribution >= 0.6 is 0 Å². The molecule has 1 aliphatic heterocycles. The molecule has 5 nitrogen and oxygen atoms in total. The monoisotopic (exact) mass is 442 g/mol. The zero-order valence-electron chi connectivity index (χ0n) is 19.0. The highest BCUT2D eigenvalue weighted by atomic mass is 32.2. The lowest BCUT2D eigenvalue weighted by Crippen LogP contribution is -2.27. The molecule has 0 spiro atoms. The minimum absolute atomic E-state index is 0.0243. The number of rotatable bonds is 8. The number of nitrogens with one attached hydrogen (secondary N) is 1. The van der Waals surface area contributed by atoms with Crippen molar-refractivity contribution in [2.45, 2.75) is 70.1 Å². The van der Waals surface area contributed by atoms with Gasteiger partial charge in [0.05, 0.1) is 4.90 Å². The fourth-order valence-corrected chi connectivity index (χ4v) is 5.58. The van der Waals surface area contributed by atoms with Crippen LogP contribution in [0.25, 0.3) is 0 Å². The molecule has 3 rings (SSSR count). The van der Waals surface area contributed by atoms with Crippen LogP contribution in [0.2, 0.25) is 0 Å². The van der Waals surface area contributed by atoms with Gasteiger partial charge in [0.15, 0.2) is 0 Å². The van der Waals surface area contributed by atoms with Gasteiger partial charge in [0.25, 0.3) is 0 Å². The van der Waals surface area contributed by atoms with E-state index in [1.54, 1.807) is 16.4 Å². The number of benzene rings is 2. The van der Waals surface area contributed by atoms with Crippen LogP contribution in [0.1, 0.15) is 75.5 Å². The summed E-state index contributed by atoms with van der Waals surface area (Å²) < 4.78 is 26.9. The first-order chi connectivity index (χ1) is 14.7. The molecule has 2 aromatic rings. The topological polar surface area (TPSA) is 66.5 Å². The highest BCUT2D eigenvalue weighted by molar-refractivity contribution is 7.89. The first-order valence-electron chi connectivity index (χ1n) is 11.2. The van der Waals surface area contributed by atoms with E-state index in [9.17, 15) is 13.2 Å². The Kier molecular flexibility index (Phi) is 7.55. The van der Waals surface area contributed by atoms with E-state index in [4.69, 9.17) is 0 Å². The van der Waals surface area contributed by atoms with Crippen molar-refractivity contribution in [3.8, 4) is 0 Å². The number of para-hydroxylation sites is 1. The lowest BCUT2D eigenvalue weighted by Gasteiger charge is -2.20. The van der Waals surface area contributed by atoms with Crippen LogP contribution in [0.4, 0.5) is 5.69 Å². The average Bonchev–Trinajstić information content (AvgIpc) is 3.28. The summed E-state index contributed by atoms with van der Waals surface area (Å²) in [6.45, 7) is 9.72. The Morgan fingerprint density at radius 3 is 2.00 bits per heavy atom. The molecule has 1 saturated heterocycles. The number of anilines is 1. The zero-order valence-corrected chi connectivity index (χ0v) is 19.8. The maximum absolute atomic E-state index is 12.7. The minimum Gasteiger partial charge on any atom is -0.326 e. The van der Waals surface area contributed by atoms with Gasteiger partial charge in [-0.05, 0) is 59.9 Å². The minimum atomic E-state index is -3.40. The van der Waals surface area contributed by atoms with Crippen molar-refractivity contribution < 1.29 is 13.2 Å². The van der Waals surface area contributed by atoms with E-state index in [1.807, 2.05) is 12.1 Å². The lowest BCUT2D eigenvalue weighted by molar-refractivity contribution is -0.116. The maximum Gasteiger partial charge on any atom is 0.243 e. The number of sulfonamides is 1. The molecule has 0 aromatic heterocycles. The van der Waals surface area contributed by atoms with Crippen LogP contribution in [-0.2, 0) is 21.2 Å². The van der Waals surface area contributed by atoms with Crippen molar-refractivity contribution in [3.63, 3.8) is 0 Å². The van der Waals surface area contributed by atoms with E-state index in [0.29, 0.717) is 42.7 Å². The van der Waals surface area contributed by atoms with Gasteiger partial charge in [0.1, 0.15) is 0 Å². The quantitative estimate of drug-likeness (QED) is 0.604. The van der Waals surface area contributed by atoms with E-state index in [-0.39, 0.29) is 5.91 Å². The molecule has 6 heteroatoms. The summed E-state index contributed by atoms with van der Waals surface area (Å²) in [6.07, 6.45) is 2.76. The van der Waals surface area contributed by atoms with Crippen molar-refractivity contribution >= 4 is 21.6 Å². The third-order valence-corrected chi connectivity index (χ3v) is 7.82. The summed E-state index contributed by atoms with van der Waals surface area (Å²) in [5.41, 5.74) is 4.19. The van der Waals surface area contributed by atoms with Gasteiger partial charge < -0.3 is 5.32 Å². The molecule has 1 heterocycles. The predicted molar refractivity (Wildman–Crippen MR) is 126 cm³/mol. The summed E-state index contributed by atoms with van der Waals surface area (Å²) in [4.78, 5) is 13.1. The fourth-order valence-electron chi connectivity index (χ4n) is 4.06. The number of carbonyl (C=O) groups excluding carboxylic acids is 1. The van der Waals surface area contributed by atoms with Gasteiger partial charge in [-0.15, -0.1) is 0 Å². The highest BCUT2D eigenvalue weighted by Crippen LogP contribution is 2.32. The van der Waals surface area contributed by atoms with Crippen LogP contribution in [0, 0.1) is 0 Å². The average molecular weight is 443 g/mol. The molecule has 1 aliphatic rings. The molecular weight excluding hydrogens is 408 g/mol. The van der Waals surface area contributed by atoms with E-state index in [1.165, 1.54) is 0 Å². The fraction of sp³-hybridized carbons (Fsp3) is 0.480. The molecule has 2 aromatic carbocycles. The summed E-state index contributed by atoms with van der Waals surface area (Å²) in [7, 11) is -3.40. The standard InChI is InChI=1S/C25H34N2O3S/c1-18(2)22-8-7-9-23(19(3)4)25(22)26-24(28)15-12-20-10-13-21(14-11-20)31(29,30)27-16-5-6-17-27/h7-11,13-14,18-19H,5-6,12,15-17H2,1-4H3,(H,26,28). The molecule has 168 valence electrons. The molecule has 31 heavy (non-hydrogen) atoms. The summed E-state index contributed by atoms with van der Waals surface area (Å²) in [5.74, 6) is 0.613. The van der Waals surface area contributed by atoms with Gasteiger partial charge >= 0.3 is 0 Å². The van der Waals surface area contributed by atoms with E-state index >= 15 is 0 Å². The van der Waals surface area contributed by atoms with Gasteiger partial charge in [-0.3, -0.25) is 4.79 Å². The Morgan fingerprint density at radius 2 is 1.48 bits per heavy atom. The SMILES string of the molecule is CC(C)c1cccc(C(C)C)c1NC(=O)CCc1ccc(S(=O)(=O)N2CCCC2)cc1. The van der Waals surface area contributed by atoms with Crippen molar-refractivity contribution in [3.05, 3.63) is 59.2 Å². The van der Waals surface area contributed by atoms with Crippen LogP contribution < -0.4 is 5.32 Å². The summed E-state index contributed by atoms with van der Waals surface area (Å²) >= 11 is 0. The lowest BCUT2D eigenvalue weighted by atomic mass is 9.92. The predicted octanol–water partition coefficient (Wildman–Crippen LogP) is 5.29. The van der Waals surface area contributed by atoms with Crippen LogP contribution in [0.3, 0.4) is 0 Å². The number of carbonyl (C=O) groups is 1. The number of amides is 1. The Balaban J connectivity index is 1.65. The van der Waals surface area contributed by atoms with Crippen LogP contribution in [0.5, 0.6) is 0 Å². The Morgan fingerprint density at radius 1 is 0.935 bits per heavy atom. The Hall–Kier alpha value is -2.18. The molecule has 1 N–H and O–H groups in total. The van der Waals surface area contributed by atoms with Crippen LogP contribution in [0.15, 0.2) is 47.4 Å². The van der Waals surface area contributed by atoms with Crippen LogP contribution in [-0.4, -0.2) is 31.7 Å². The number of hydrogen-bond acceptors (Lipinski definition) is 3. The van der Waals surface area contributed by atoms with Gasteiger partial charge in [0, 0.05) is 25.2 Å². The second kappa shape index (κ2) is 9.96. The molecule has 0 aliphatic carbocycles. The second-order valence-corrected chi connectivity index (χ2v) is 10.9. The molecule has 0 atom stereocenters. The maximum atomic E-state index is 12.7. The second-order valence-electron chi connectivity index (χ2n) is 8.92. The Bertz CT molecular complexity index is 979. The molecule has 0 radical (unpaired) electrons. The van der Waals surface area contributed by atoms with Gasteiger partial charge in [-0.25, -0.2) is 8.42 Å². The molecule has 0 unspecified atom stereocenters. The number of hydrogen-bond donors (Lipinski definition) is 1. The molecule has 1 fully saturated rings. The zero-order chi connectivity index (χ0) is 22.6. The Labute approximate surface area is 186 Å². The van der Waals surface area contributed by atoms with Crippen molar-refractivity contribution in [2.24, 2.45) is 0 Å². The van der Waals surface area contributed by atoms with E-state index in [0.717, 1.165) is 35.2 Å². The molecule has 0 saturated carbocycles. The summed E-state index contributed by atoms with van der Waals surface area (Å²) in [5, 5.41) is 3.14.